The third kappa shape index (κ3) is 2.29. The van der Waals surface area contributed by atoms with E-state index in [4.69, 9.17) is 18.7 Å². The number of hydrogen-bond acceptors (Lipinski definition) is 6. The van der Waals surface area contributed by atoms with E-state index < -0.39 is 19.5 Å². The Kier molecular flexibility index (Phi) is 3.62. The van der Waals surface area contributed by atoms with Crippen molar-refractivity contribution < 1.29 is 32.7 Å². The molecule has 7 nitrogen and oxygen atoms in total. The summed E-state index contributed by atoms with van der Waals surface area (Å²) in [7, 11) is -1.42. The highest BCUT2D eigenvalue weighted by Crippen LogP contribution is 2.51. The van der Waals surface area contributed by atoms with Crippen LogP contribution in [0.1, 0.15) is 6.92 Å². The third-order valence-electron chi connectivity index (χ3n) is 3.09. The molecule has 2 bridgehead atoms. The fourth-order valence-corrected chi connectivity index (χ4v) is 3.06. The van der Waals surface area contributed by atoms with Crippen LogP contribution in [0, 0.1) is 0 Å². The minimum Gasteiger partial charge on any atom is -0.381 e. The van der Waals surface area contributed by atoms with Gasteiger partial charge in [-0.3, -0.25) is 9.05 Å². The number of rotatable bonds is 5. The first-order valence-electron chi connectivity index (χ1n) is 5.29. The van der Waals surface area contributed by atoms with E-state index in [9.17, 15) is 9.46 Å². The Labute approximate surface area is 99.6 Å². The summed E-state index contributed by atoms with van der Waals surface area (Å²) >= 11 is 0. The van der Waals surface area contributed by atoms with Gasteiger partial charge in [0.15, 0.2) is 0 Å². The molecule has 100 valence electrons. The molecule has 0 aromatic rings. The molecule has 2 rings (SSSR count). The molecule has 0 aromatic heterocycles. The zero-order valence-corrected chi connectivity index (χ0v) is 10.9. The Bertz CT molecular complexity index is 335. The fourth-order valence-electron chi connectivity index (χ4n) is 2.37. The molecule has 1 N–H and O–H groups in total. The van der Waals surface area contributed by atoms with Gasteiger partial charge in [0.05, 0.1) is 19.3 Å². The van der Waals surface area contributed by atoms with Crippen molar-refractivity contribution in [1.82, 2.24) is 0 Å². The van der Waals surface area contributed by atoms with Crippen molar-refractivity contribution in [2.24, 2.45) is 0 Å². The van der Waals surface area contributed by atoms with Gasteiger partial charge in [0.1, 0.15) is 17.8 Å². The summed E-state index contributed by atoms with van der Waals surface area (Å²) in [6, 6.07) is 0. The molecule has 0 radical (unpaired) electrons. The Morgan fingerprint density at radius 1 is 1.53 bits per heavy atom. The first-order chi connectivity index (χ1) is 7.94. The van der Waals surface area contributed by atoms with Crippen molar-refractivity contribution in [2.75, 3.05) is 27.4 Å². The number of hydrogen-bond donors (Lipinski definition) is 1. The topological polar surface area (TPSA) is 83.5 Å². The minimum atomic E-state index is -4.07. The first-order valence-corrected chi connectivity index (χ1v) is 6.79. The van der Waals surface area contributed by atoms with Gasteiger partial charge in [0.25, 0.3) is 0 Å². The second kappa shape index (κ2) is 4.59. The van der Waals surface area contributed by atoms with Gasteiger partial charge in [-0.25, -0.2) is 4.57 Å². The van der Waals surface area contributed by atoms with Gasteiger partial charge < -0.3 is 19.1 Å². The lowest BCUT2D eigenvalue weighted by molar-refractivity contribution is -0.159. The van der Waals surface area contributed by atoms with Crippen molar-refractivity contribution in [2.45, 2.75) is 30.8 Å². The van der Waals surface area contributed by atoms with Gasteiger partial charge in [-0.2, -0.15) is 0 Å². The molecule has 0 aromatic carbocycles. The highest BCUT2D eigenvalue weighted by molar-refractivity contribution is 7.47. The quantitative estimate of drug-likeness (QED) is 0.719. The monoisotopic (exact) mass is 268 g/mol. The molecule has 17 heavy (non-hydrogen) atoms. The lowest BCUT2D eigenvalue weighted by atomic mass is 10.00. The molecular formula is C9H17O7P. The molecule has 5 unspecified atom stereocenters. The van der Waals surface area contributed by atoms with E-state index in [0.29, 0.717) is 0 Å². The van der Waals surface area contributed by atoms with Crippen molar-refractivity contribution in [3.63, 3.8) is 0 Å². The largest absolute Gasteiger partial charge is 0.472 e. The highest BCUT2D eigenvalue weighted by atomic mass is 31.2. The lowest BCUT2D eigenvalue weighted by Crippen LogP contribution is -2.45. The van der Waals surface area contributed by atoms with Gasteiger partial charge in [-0.05, 0) is 6.92 Å². The van der Waals surface area contributed by atoms with E-state index in [0.717, 1.165) is 7.11 Å². The molecule has 5 atom stereocenters. The van der Waals surface area contributed by atoms with Crippen LogP contribution in [0.3, 0.4) is 0 Å². The Morgan fingerprint density at radius 2 is 2.24 bits per heavy atom. The zero-order valence-electron chi connectivity index (χ0n) is 9.99. The van der Waals surface area contributed by atoms with Crippen molar-refractivity contribution in [3.8, 4) is 0 Å². The van der Waals surface area contributed by atoms with E-state index in [-0.39, 0.29) is 25.4 Å². The molecule has 2 saturated heterocycles. The Morgan fingerprint density at radius 3 is 2.76 bits per heavy atom. The maximum absolute atomic E-state index is 11.5. The standard InChI is InChI=1S/C9H17O7P/c1-6-7-8(16-17(10,11)13-3)9(15-6,4-12-2)5-14-7/h6-8H,4-5H2,1-3H3,(H,10,11). The summed E-state index contributed by atoms with van der Waals surface area (Å²) in [5, 5.41) is 0. The van der Waals surface area contributed by atoms with E-state index in [2.05, 4.69) is 4.52 Å². The fraction of sp³-hybridized carbons (Fsp3) is 1.00. The highest BCUT2D eigenvalue weighted by Gasteiger charge is 2.62. The van der Waals surface area contributed by atoms with E-state index in [1.165, 1.54) is 7.11 Å². The summed E-state index contributed by atoms with van der Waals surface area (Å²) in [4.78, 5) is 9.38. The maximum Gasteiger partial charge on any atom is 0.472 e. The summed E-state index contributed by atoms with van der Waals surface area (Å²) < 4.78 is 37.3. The van der Waals surface area contributed by atoms with Gasteiger partial charge in [0.2, 0.25) is 0 Å². The van der Waals surface area contributed by atoms with Crippen molar-refractivity contribution in [1.29, 1.82) is 0 Å². The molecule has 0 spiro atoms. The molecule has 2 fully saturated rings. The molecule has 0 amide bonds. The Balaban J connectivity index is 2.18. The van der Waals surface area contributed by atoms with Gasteiger partial charge in [0, 0.05) is 14.2 Å². The van der Waals surface area contributed by atoms with Crippen molar-refractivity contribution in [3.05, 3.63) is 0 Å². The molecule has 8 heteroatoms. The lowest BCUT2D eigenvalue weighted by Gasteiger charge is -2.29. The van der Waals surface area contributed by atoms with E-state index in [1.807, 2.05) is 6.92 Å². The average molecular weight is 268 g/mol. The smallest absolute Gasteiger partial charge is 0.381 e. The van der Waals surface area contributed by atoms with E-state index in [1.54, 1.807) is 0 Å². The first kappa shape index (κ1) is 13.4. The van der Waals surface area contributed by atoms with Gasteiger partial charge in [-0.15, -0.1) is 0 Å². The Hall–Kier alpha value is -0.0100. The molecular weight excluding hydrogens is 251 g/mol. The number of phosphoric ester groups is 1. The van der Waals surface area contributed by atoms with E-state index >= 15 is 0 Å². The number of phosphoric acid groups is 1. The SMILES string of the molecule is COCC12COC(C(C)O1)C2OP(=O)(O)OC. The molecule has 2 heterocycles. The van der Waals surface area contributed by atoms with Crippen LogP contribution in [0.2, 0.25) is 0 Å². The number of ether oxygens (including phenoxy) is 3. The van der Waals surface area contributed by atoms with Gasteiger partial charge >= 0.3 is 7.82 Å². The number of fused-ring (bicyclic) bond motifs is 2. The second-order valence-corrected chi connectivity index (χ2v) is 5.79. The average Bonchev–Trinajstić information content (AvgIpc) is 2.69. The molecule has 0 saturated carbocycles. The molecule has 2 aliphatic heterocycles. The predicted octanol–water partition coefficient (Wildman–Crippen LogP) is 0.321. The molecule has 0 aliphatic carbocycles. The van der Waals surface area contributed by atoms with Crippen LogP contribution in [0.25, 0.3) is 0 Å². The predicted molar refractivity (Wildman–Crippen MR) is 56.6 cm³/mol. The van der Waals surface area contributed by atoms with Crippen LogP contribution in [0.4, 0.5) is 0 Å². The normalized spacial score (nSPS) is 43.9. The van der Waals surface area contributed by atoms with Crippen LogP contribution in [-0.2, 0) is 27.8 Å². The van der Waals surface area contributed by atoms with Crippen molar-refractivity contribution >= 4 is 7.82 Å². The minimum absolute atomic E-state index is 0.208. The summed E-state index contributed by atoms with van der Waals surface area (Å²) in [5.41, 5.74) is -0.824. The number of methoxy groups -OCH3 is 1. The van der Waals surface area contributed by atoms with Crippen LogP contribution < -0.4 is 0 Å². The second-order valence-electron chi connectivity index (χ2n) is 4.27. The van der Waals surface area contributed by atoms with Gasteiger partial charge in [-0.1, -0.05) is 0 Å². The maximum atomic E-state index is 11.5. The zero-order chi connectivity index (χ0) is 12.7. The van der Waals surface area contributed by atoms with Crippen LogP contribution >= 0.6 is 7.82 Å². The summed E-state index contributed by atoms with van der Waals surface area (Å²) in [6.45, 7) is 2.35. The summed E-state index contributed by atoms with van der Waals surface area (Å²) in [6.07, 6.45) is -1.24. The third-order valence-corrected chi connectivity index (χ3v) is 4.04. The van der Waals surface area contributed by atoms with Crippen LogP contribution in [0.15, 0.2) is 0 Å². The van der Waals surface area contributed by atoms with Crippen LogP contribution in [0.5, 0.6) is 0 Å². The van der Waals surface area contributed by atoms with Crippen LogP contribution in [-0.4, -0.2) is 56.2 Å². The molecule has 2 aliphatic rings. The summed E-state index contributed by atoms with van der Waals surface area (Å²) in [5.74, 6) is 0.